The first-order valence-electron chi connectivity index (χ1n) is 7.73. The second-order valence-electron chi connectivity index (χ2n) is 5.76. The molecular weight excluding hydrogens is 409 g/mol. The van der Waals surface area contributed by atoms with Crippen LogP contribution in [0.25, 0.3) is 6.08 Å². The number of hydrogen-bond donors (Lipinski definition) is 0. The normalized spacial score (nSPS) is 15.8. The van der Waals surface area contributed by atoms with Crippen LogP contribution in [0.15, 0.2) is 41.3 Å². The van der Waals surface area contributed by atoms with E-state index in [4.69, 9.17) is 40.2 Å². The van der Waals surface area contributed by atoms with Crippen molar-refractivity contribution in [2.45, 2.75) is 13.5 Å². The van der Waals surface area contributed by atoms with Gasteiger partial charge in [0.15, 0.2) is 0 Å². The number of carbonyl (C=O) groups is 1. The first-order valence-corrected chi connectivity index (χ1v) is 9.71. The van der Waals surface area contributed by atoms with E-state index in [2.05, 4.69) is 0 Å². The third-order valence-electron chi connectivity index (χ3n) is 3.86. The molecule has 7 heteroatoms. The Balaban J connectivity index is 1.89. The first-order chi connectivity index (χ1) is 12.4. The summed E-state index contributed by atoms with van der Waals surface area (Å²) in [4.78, 5) is 14.9. The van der Waals surface area contributed by atoms with Crippen molar-refractivity contribution in [2.24, 2.45) is 0 Å². The van der Waals surface area contributed by atoms with E-state index < -0.39 is 0 Å². The average molecular weight is 424 g/mol. The Kier molecular flexibility index (Phi) is 5.92. The highest BCUT2D eigenvalue weighted by atomic mass is 35.5. The largest absolute Gasteiger partial charge is 0.495 e. The molecule has 0 radical (unpaired) electrons. The number of benzene rings is 2. The minimum Gasteiger partial charge on any atom is -0.495 e. The lowest BCUT2D eigenvalue weighted by molar-refractivity contribution is -0.122. The second-order valence-corrected chi connectivity index (χ2v) is 8.28. The van der Waals surface area contributed by atoms with Crippen molar-refractivity contribution in [3.05, 3.63) is 68.0 Å². The van der Waals surface area contributed by atoms with Crippen LogP contribution in [0, 0.1) is 6.92 Å². The van der Waals surface area contributed by atoms with E-state index in [1.165, 1.54) is 24.4 Å². The van der Waals surface area contributed by atoms with Gasteiger partial charge in [-0.05, 0) is 30.7 Å². The number of amides is 1. The van der Waals surface area contributed by atoms with Gasteiger partial charge in [-0.2, -0.15) is 0 Å². The maximum Gasteiger partial charge on any atom is 0.266 e. The van der Waals surface area contributed by atoms with Crippen molar-refractivity contribution in [3.8, 4) is 5.75 Å². The van der Waals surface area contributed by atoms with Crippen LogP contribution in [0.5, 0.6) is 5.75 Å². The lowest BCUT2D eigenvalue weighted by atomic mass is 10.1. The summed E-state index contributed by atoms with van der Waals surface area (Å²) in [6.45, 7) is 2.46. The van der Waals surface area contributed by atoms with Crippen LogP contribution in [-0.4, -0.2) is 22.2 Å². The molecule has 1 amide bonds. The topological polar surface area (TPSA) is 29.5 Å². The highest BCUT2D eigenvalue weighted by Crippen LogP contribution is 2.38. The number of methoxy groups -OCH3 is 1. The van der Waals surface area contributed by atoms with Gasteiger partial charge in [-0.25, -0.2) is 0 Å². The Morgan fingerprint density at radius 2 is 1.92 bits per heavy atom. The second kappa shape index (κ2) is 8.01. The van der Waals surface area contributed by atoms with Crippen molar-refractivity contribution >= 4 is 63.5 Å². The molecule has 2 aromatic carbocycles. The zero-order valence-corrected chi connectivity index (χ0v) is 17.2. The molecule has 3 nitrogen and oxygen atoms in total. The zero-order chi connectivity index (χ0) is 18.8. The number of rotatable bonds is 4. The van der Waals surface area contributed by atoms with Crippen molar-refractivity contribution in [3.63, 3.8) is 0 Å². The van der Waals surface area contributed by atoms with E-state index in [1.807, 2.05) is 31.2 Å². The number of carbonyl (C=O) groups excluding carboxylic acids is 1. The van der Waals surface area contributed by atoms with Gasteiger partial charge in [0, 0.05) is 10.6 Å². The van der Waals surface area contributed by atoms with Gasteiger partial charge in [0.2, 0.25) is 0 Å². The number of ether oxygens (including phenoxy) is 1. The summed E-state index contributed by atoms with van der Waals surface area (Å²) < 4.78 is 5.86. The SMILES string of the molecule is COc1c(Cl)cc(Cl)cc1/C=C1\SC(=S)N(Cc2ccc(C)cc2)C1=O. The molecule has 1 heterocycles. The Bertz CT molecular complexity index is 911. The van der Waals surface area contributed by atoms with Gasteiger partial charge in [0.1, 0.15) is 10.1 Å². The fraction of sp³-hybridized carbons (Fsp3) is 0.158. The van der Waals surface area contributed by atoms with Crippen LogP contribution < -0.4 is 4.74 Å². The van der Waals surface area contributed by atoms with Crippen molar-refractivity contribution in [2.75, 3.05) is 7.11 Å². The fourth-order valence-corrected chi connectivity index (χ4v) is 4.39. The van der Waals surface area contributed by atoms with E-state index in [-0.39, 0.29) is 5.91 Å². The molecule has 0 aromatic heterocycles. The van der Waals surface area contributed by atoms with Gasteiger partial charge in [0.05, 0.1) is 23.6 Å². The standard InChI is InChI=1S/C19H15Cl2NO2S2/c1-11-3-5-12(6-4-11)10-22-18(23)16(26-19(22)25)8-13-7-14(20)9-15(21)17(13)24-2/h3-9H,10H2,1-2H3/b16-8-. The van der Waals surface area contributed by atoms with Crippen LogP contribution in [0.1, 0.15) is 16.7 Å². The van der Waals surface area contributed by atoms with Gasteiger partial charge >= 0.3 is 0 Å². The lowest BCUT2D eigenvalue weighted by Gasteiger charge is -2.14. The molecule has 0 bridgehead atoms. The van der Waals surface area contributed by atoms with Crippen LogP contribution in [0.3, 0.4) is 0 Å². The quantitative estimate of drug-likeness (QED) is 0.464. The molecule has 1 fully saturated rings. The van der Waals surface area contributed by atoms with Crippen molar-refractivity contribution in [1.82, 2.24) is 4.90 Å². The maximum absolute atomic E-state index is 12.8. The summed E-state index contributed by atoms with van der Waals surface area (Å²) in [5.74, 6) is 0.332. The van der Waals surface area contributed by atoms with Gasteiger partial charge in [-0.1, -0.05) is 77.0 Å². The zero-order valence-electron chi connectivity index (χ0n) is 14.1. The number of aryl methyl sites for hydroxylation is 1. The molecule has 0 N–H and O–H groups in total. The predicted molar refractivity (Wildman–Crippen MR) is 113 cm³/mol. The maximum atomic E-state index is 12.8. The number of halogens is 2. The van der Waals surface area contributed by atoms with Gasteiger partial charge in [-0.3, -0.25) is 9.69 Å². The first kappa shape index (κ1) is 19.2. The lowest BCUT2D eigenvalue weighted by Crippen LogP contribution is -2.27. The fourth-order valence-electron chi connectivity index (χ4n) is 2.56. The monoisotopic (exact) mass is 423 g/mol. The molecule has 1 aliphatic heterocycles. The van der Waals surface area contributed by atoms with Crippen molar-refractivity contribution < 1.29 is 9.53 Å². The Labute approximate surface area is 171 Å². The molecule has 0 aliphatic carbocycles. The summed E-state index contributed by atoms with van der Waals surface area (Å²) in [6, 6.07) is 11.3. The molecule has 26 heavy (non-hydrogen) atoms. The van der Waals surface area contributed by atoms with Crippen LogP contribution in [-0.2, 0) is 11.3 Å². The van der Waals surface area contributed by atoms with Gasteiger partial charge < -0.3 is 4.74 Å². The molecule has 0 saturated carbocycles. The molecule has 0 unspecified atom stereocenters. The molecule has 2 aromatic rings. The van der Waals surface area contributed by atoms with E-state index in [9.17, 15) is 4.79 Å². The minimum absolute atomic E-state index is 0.140. The Morgan fingerprint density at radius 1 is 1.23 bits per heavy atom. The summed E-state index contributed by atoms with van der Waals surface area (Å²) in [7, 11) is 1.52. The molecule has 134 valence electrons. The minimum atomic E-state index is -0.140. The smallest absolute Gasteiger partial charge is 0.266 e. The average Bonchev–Trinajstić information content (AvgIpc) is 2.84. The Hall–Kier alpha value is -1.53. The van der Waals surface area contributed by atoms with Crippen LogP contribution in [0.4, 0.5) is 0 Å². The number of thioether (sulfide) groups is 1. The molecule has 1 saturated heterocycles. The molecular formula is C19H15Cl2NO2S2. The van der Waals surface area contributed by atoms with Crippen LogP contribution in [0.2, 0.25) is 10.0 Å². The number of hydrogen-bond acceptors (Lipinski definition) is 4. The number of thiocarbonyl (C=S) groups is 1. The highest BCUT2D eigenvalue weighted by Gasteiger charge is 2.32. The van der Waals surface area contributed by atoms with E-state index in [0.29, 0.717) is 37.1 Å². The summed E-state index contributed by atoms with van der Waals surface area (Å²) >= 11 is 18.9. The third-order valence-corrected chi connectivity index (χ3v) is 5.74. The van der Waals surface area contributed by atoms with E-state index in [1.54, 1.807) is 23.1 Å². The highest BCUT2D eigenvalue weighted by molar-refractivity contribution is 8.26. The van der Waals surface area contributed by atoms with Crippen molar-refractivity contribution in [1.29, 1.82) is 0 Å². The summed E-state index contributed by atoms with van der Waals surface area (Å²) in [5.41, 5.74) is 2.83. The number of nitrogens with zero attached hydrogens (tertiary/aromatic N) is 1. The van der Waals surface area contributed by atoms with E-state index >= 15 is 0 Å². The van der Waals surface area contributed by atoms with Crippen LogP contribution >= 0.6 is 47.2 Å². The molecule has 3 rings (SSSR count). The Morgan fingerprint density at radius 3 is 2.58 bits per heavy atom. The molecule has 1 aliphatic rings. The predicted octanol–water partition coefficient (Wildman–Crippen LogP) is 5.71. The van der Waals surface area contributed by atoms with E-state index in [0.717, 1.165) is 5.56 Å². The summed E-state index contributed by atoms with van der Waals surface area (Å²) in [5, 5.41) is 0.860. The molecule has 0 atom stereocenters. The van der Waals surface area contributed by atoms with Gasteiger partial charge in [0.25, 0.3) is 5.91 Å². The summed E-state index contributed by atoms with van der Waals surface area (Å²) in [6.07, 6.45) is 1.71. The molecule has 0 spiro atoms. The third kappa shape index (κ3) is 4.07. The van der Waals surface area contributed by atoms with Gasteiger partial charge in [-0.15, -0.1) is 0 Å².